The highest BCUT2D eigenvalue weighted by Gasteiger charge is 2.35. The molecule has 1 aliphatic rings. The van der Waals surface area contributed by atoms with E-state index in [2.05, 4.69) is 10.6 Å². The number of nitrogens with zero attached hydrogens (tertiary/aromatic N) is 1. The summed E-state index contributed by atoms with van der Waals surface area (Å²) in [5.74, 6) is 0.603. The zero-order valence-electron chi connectivity index (χ0n) is 10.1. The van der Waals surface area contributed by atoms with E-state index in [1.165, 1.54) is 17.8 Å². The van der Waals surface area contributed by atoms with Crippen LogP contribution in [0, 0.1) is 11.3 Å². The van der Waals surface area contributed by atoms with Gasteiger partial charge in [0, 0.05) is 11.6 Å². The molecular weight excluding hydrogens is 291 g/mol. The lowest BCUT2D eigenvalue weighted by atomic mass is 10.1. The van der Waals surface area contributed by atoms with Crippen molar-refractivity contribution in [2.45, 2.75) is 12.2 Å². The van der Waals surface area contributed by atoms with E-state index in [9.17, 15) is 18.0 Å². The summed E-state index contributed by atoms with van der Waals surface area (Å²) in [6.07, 6.45) is -4.63. The molecule has 0 radical (unpaired) electrons. The van der Waals surface area contributed by atoms with Crippen molar-refractivity contribution in [1.29, 1.82) is 5.26 Å². The minimum atomic E-state index is -4.63. The van der Waals surface area contributed by atoms with Crippen LogP contribution in [0.2, 0.25) is 0 Å². The Balaban J connectivity index is 2.27. The van der Waals surface area contributed by atoms with Crippen LogP contribution >= 0.6 is 11.8 Å². The number of anilines is 1. The number of nitrogens with one attached hydrogen (secondary N) is 2. The molecule has 4 nitrogen and oxygen atoms in total. The molecule has 1 heterocycles. The average molecular weight is 301 g/mol. The van der Waals surface area contributed by atoms with Gasteiger partial charge in [0.1, 0.15) is 0 Å². The fourth-order valence-corrected chi connectivity index (χ4v) is 2.68. The lowest BCUT2D eigenvalue weighted by Crippen LogP contribution is -2.37. The standard InChI is InChI=1S/C12H10F3N3OS/c13-12(14,15)8-3-7(4-16)1-2-9(8)18-11(19)10-5-20-6-17-10/h1-3,10,17H,5-6H2,(H,18,19). The van der Waals surface area contributed by atoms with Crippen molar-refractivity contribution >= 4 is 23.4 Å². The highest BCUT2D eigenvalue weighted by molar-refractivity contribution is 7.99. The van der Waals surface area contributed by atoms with Crippen LogP contribution in [-0.2, 0) is 11.0 Å². The first-order chi connectivity index (χ1) is 9.41. The molecule has 0 aromatic heterocycles. The summed E-state index contributed by atoms with van der Waals surface area (Å²) in [6.45, 7) is 0. The van der Waals surface area contributed by atoms with E-state index in [-0.39, 0.29) is 11.3 Å². The van der Waals surface area contributed by atoms with Gasteiger partial charge >= 0.3 is 6.18 Å². The van der Waals surface area contributed by atoms with Crippen molar-refractivity contribution in [2.75, 3.05) is 16.9 Å². The fraction of sp³-hybridized carbons (Fsp3) is 0.333. The number of carbonyl (C=O) groups excluding carboxylic acids is 1. The van der Waals surface area contributed by atoms with E-state index < -0.39 is 23.7 Å². The summed E-state index contributed by atoms with van der Waals surface area (Å²) in [6, 6.07) is 4.21. The Morgan fingerprint density at radius 2 is 2.25 bits per heavy atom. The number of hydrogen-bond donors (Lipinski definition) is 2. The van der Waals surface area contributed by atoms with Crippen LogP contribution in [0.5, 0.6) is 0 Å². The van der Waals surface area contributed by atoms with Gasteiger partial charge < -0.3 is 5.32 Å². The van der Waals surface area contributed by atoms with E-state index >= 15 is 0 Å². The van der Waals surface area contributed by atoms with Crippen LogP contribution in [-0.4, -0.2) is 23.6 Å². The average Bonchev–Trinajstić information content (AvgIpc) is 2.91. The van der Waals surface area contributed by atoms with E-state index in [1.54, 1.807) is 6.07 Å². The van der Waals surface area contributed by atoms with Gasteiger partial charge in [0.15, 0.2) is 0 Å². The minimum Gasteiger partial charge on any atom is -0.324 e. The SMILES string of the molecule is N#Cc1ccc(NC(=O)C2CSCN2)c(C(F)(F)F)c1. The summed E-state index contributed by atoms with van der Waals surface area (Å²) in [5, 5.41) is 13.8. The summed E-state index contributed by atoms with van der Waals surface area (Å²) in [5.41, 5.74) is -1.46. The molecular formula is C12H10F3N3OS. The molecule has 0 spiro atoms. The Hall–Kier alpha value is -1.72. The lowest BCUT2D eigenvalue weighted by Gasteiger charge is -2.16. The van der Waals surface area contributed by atoms with Gasteiger partial charge in [0.25, 0.3) is 0 Å². The van der Waals surface area contributed by atoms with E-state index in [0.717, 1.165) is 12.1 Å². The van der Waals surface area contributed by atoms with E-state index in [1.807, 2.05) is 0 Å². The Morgan fingerprint density at radius 1 is 1.50 bits per heavy atom. The van der Waals surface area contributed by atoms with Gasteiger partial charge in [0.2, 0.25) is 5.91 Å². The van der Waals surface area contributed by atoms with E-state index in [0.29, 0.717) is 11.6 Å². The highest BCUT2D eigenvalue weighted by atomic mass is 32.2. The second-order valence-electron chi connectivity index (χ2n) is 4.13. The third-order valence-electron chi connectivity index (χ3n) is 2.74. The molecule has 8 heteroatoms. The molecule has 1 amide bonds. The number of hydrogen-bond acceptors (Lipinski definition) is 4. The number of amides is 1. The maximum Gasteiger partial charge on any atom is 0.418 e. The highest BCUT2D eigenvalue weighted by Crippen LogP contribution is 2.35. The first-order valence-corrected chi connectivity index (χ1v) is 6.80. The van der Waals surface area contributed by atoms with Gasteiger partial charge in [-0.15, -0.1) is 11.8 Å². The van der Waals surface area contributed by atoms with Crippen LogP contribution in [0.15, 0.2) is 18.2 Å². The van der Waals surface area contributed by atoms with Gasteiger partial charge in [-0.25, -0.2) is 0 Å². The van der Waals surface area contributed by atoms with Crippen LogP contribution in [0.3, 0.4) is 0 Å². The molecule has 1 aromatic carbocycles. The number of benzene rings is 1. The monoisotopic (exact) mass is 301 g/mol. The van der Waals surface area contributed by atoms with Crippen molar-refractivity contribution in [1.82, 2.24) is 5.32 Å². The lowest BCUT2D eigenvalue weighted by molar-refractivity contribution is -0.137. The van der Waals surface area contributed by atoms with Gasteiger partial charge in [-0.1, -0.05) is 0 Å². The minimum absolute atomic E-state index is 0.107. The molecule has 106 valence electrons. The normalized spacial score (nSPS) is 18.6. The quantitative estimate of drug-likeness (QED) is 0.879. The molecule has 0 aliphatic carbocycles. The van der Waals surface area contributed by atoms with Gasteiger partial charge in [0.05, 0.1) is 28.9 Å². The van der Waals surface area contributed by atoms with Crippen LogP contribution < -0.4 is 10.6 Å². The predicted molar refractivity (Wildman–Crippen MR) is 69.0 cm³/mol. The maximum atomic E-state index is 12.9. The third kappa shape index (κ3) is 3.23. The molecule has 0 saturated carbocycles. The van der Waals surface area contributed by atoms with Crippen LogP contribution in [0.25, 0.3) is 0 Å². The zero-order chi connectivity index (χ0) is 14.8. The molecule has 1 unspecified atom stereocenters. The number of halogens is 3. The summed E-state index contributed by atoms with van der Waals surface area (Å²) < 4.78 is 38.7. The Kier molecular flexibility index (Phi) is 4.20. The molecule has 1 fully saturated rings. The fourth-order valence-electron chi connectivity index (χ4n) is 1.74. The van der Waals surface area contributed by atoms with Crippen molar-refractivity contribution < 1.29 is 18.0 Å². The second kappa shape index (κ2) is 5.73. The first-order valence-electron chi connectivity index (χ1n) is 5.65. The van der Waals surface area contributed by atoms with Crippen molar-refractivity contribution in [2.24, 2.45) is 0 Å². The predicted octanol–water partition coefficient (Wildman–Crippen LogP) is 2.18. The largest absolute Gasteiger partial charge is 0.418 e. The van der Waals surface area contributed by atoms with Crippen molar-refractivity contribution in [3.8, 4) is 6.07 Å². The molecule has 1 saturated heterocycles. The topological polar surface area (TPSA) is 64.9 Å². The molecule has 2 N–H and O–H groups in total. The van der Waals surface area contributed by atoms with Crippen molar-refractivity contribution in [3.63, 3.8) is 0 Å². The second-order valence-corrected chi connectivity index (χ2v) is 5.16. The smallest absolute Gasteiger partial charge is 0.324 e. The molecule has 1 atom stereocenters. The summed E-state index contributed by atoms with van der Waals surface area (Å²) in [7, 11) is 0. The molecule has 20 heavy (non-hydrogen) atoms. The van der Waals surface area contributed by atoms with Gasteiger partial charge in [-0.05, 0) is 18.2 Å². The van der Waals surface area contributed by atoms with Gasteiger partial charge in [-0.3, -0.25) is 10.1 Å². The van der Waals surface area contributed by atoms with Crippen LogP contribution in [0.4, 0.5) is 18.9 Å². The maximum absolute atomic E-state index is 12.9. The third-order valence-corrected chi connectivity index (χ3v) is 3.68. The number of nitriles is 1. The number of carbonyl (C=O) groups is 1. The summed E-state index contributed by atoms with van der Waals surface area (Å²) >= 11 is 1.50. The molecule has 0 bridgehead atoms. The molecule has 1 aromatic rings. The van der Waals surface area contributed by atoms with Crippen LogP contribution in [0.1, 0.15) is 11.1 Å². The van der Waals surface area contributed by atoms with E-state index in [4.69, 9.17) is 5.26 Å². The summed E-state index contributed by atoms with van der Waals surface area (Å²) in [4.78, 5) is 11.8. The van der Waals surface area contributed by atoms with Gasteiger partial charge in [-0.2, -0.15) is 18.4 Å². The Morgan fingerprint density at radius 3 is 2.80 bits per heavy atom. The zero-order valence-corrected chi connectivity index (χ0v) is 10.9. The molecule has 2 rings (SSSR count). The Bertz CT molecular complexity index is 562. The number of rotatable bonds is 2. The molecule has 1 aliphatic heterocycles. The number of alkyl halides is 3. The Labute approximate surface area is 117 Å². The first kappa shape index (κ1) is 14.7. The number of thioether (sulfide) groups is 1. The van der Waals surface area contributed by atoms with Crippen molar-refractivity contribution in [3.05, 3.63) is 29.3 Å².